The number of carboxylic acid groups (broad SMARTS) is 1. The number of rotatable bonds is 5. The Morgan fingerprint density at radius 2 is 1.90 bits per heavy atom. The average Bonchev–Trinajstić information content (AvgIpc) is 2.90. The largest absolute Gasteiger partial charge is 0.479 e. The summed E-state index contributed by atoms with van der Waals surface area (Å²) in [5, 5.41) is 25.3. The molecule has 1 heterocycles. The number of carbonyl (C=O) groups excluding carboxylic acids is 1. The maximum Gasteiger partial charge on any atom is 0.331 e. The molecule has 3 N–H and O–H groups in total. The van der Waals surface area contributed by atoms with Gasteiger partial charge >= 0.3 is 5.97 Å². The van der Waals surface area contributed by atoms with Crippen LogP contribution in [-0.4, -0.2) is 31.9 Å². The maximum atomic E-state index is 12.0. The van der Waals surface area contributed by atoms with E-state index in [1.165, 1.54) is 17.1 Å². The Bertz CT molecular complexity index is 639. The molecule has 0 saturated carbocycles. The molecule has 0 fully saturated rings. The van der Waals surface area contributed by atoms with Crippen LogP contribution in [0.5, 0.6) is 0 Å². The van der Waals surface area contributed by atoms with Crippen molar-refractivity contribution >= 4 is 11.9 Å². The number of aliphatic hydroxyl groups is 1. The van der Waals surface area contributed by atoms with Gasteiger partial charge in [0.15, 0.2) is 12.1 Å². The van der Waals surface area contributed by atoms with Gasteiger partial charge in [-0.1, -0.05) is 30.3 Å². The zero-order chi connectivity index (χ0) is 15.4. The van der Waals surface area contributed by atoms with E-state index in [1.54, 1.807) is 37.4 Å². The van der Waals surface area contributed by atoms with Crippen LogP contribution < -0.4 is 5.32 Å². The molecule has 0 aliphatic heterocycles. The number of aliphatic hydroxyl groups excluding tert-OH is 1. The molecular weight excluding hydrogens is 274 g/mol. The monoisotopic (exact) mass is 289 g/mol. The Morgan fingerprint density at radius 1 is 1.24 bits per heavy atom. The summed E-state index contributed by atoms with van der Waals surface area (Å²) in [6.45, 7) is 0. The zero-order valence-electron chi connectivity index (χ0n) is 11.3. The summed E-state index contributed by atoms with van der Waals surface area (Å²) in [5.41, 5.74) is 0.726. The quantitative estimate of drug-likeness (QED) is 0.739. The first-order valence-corrected chi connectivity index (χ1v) is 6.24. The summed E-state index contributed by atoms with van der Waals surface area (Å²) < 4.78 is 1.44. The lowest BCUT2D eigenvalue weighted by atomic mass is 10.1. The third kappa shape index (κ3) is 3.46. The number of amides is 1. The fourth-order valence-corrected chi connectivity index (χ4v) is 1.88. The molecule has 2 aromatic rings. The van der Waals surface area contributed by atoms with Gasteiger partial charge in [-0.25, -0.2) is 4.79 Å². The van der Waals surface area contributed by atoms with E-state index >= 15 is 0 Å². The molecule has 7 heteroatoms. The van der Waals surface area contributed by atoms with E-state index in [0.717, 1.165) is 0 Å². The minimum Gasteiger partial charge on any atom is -0.479 e. The normalized spacial score (nSPS) is 13.4. The highest BCUT2D eigenvalue weighted by molar-refractivity contribution is 5.87. The summed E-state index contributed by atoms with van der Waals surface area (Å²) in [6.07, 6.45) is 1.42. The van der Waals surface area contributed by atoms with Crippen molar-refractivity contribution < 1.29 is 19.8 Å². The van der Waals surface area contributed by atoms with E-state index in [1.807, 2.05) is 0 Å². The van der Waals surface area contributed by atoms with E-state index in [-0.39, 0.29) is 0 Å². The van der Waals surface area contributed by atoms with Gasteiger partial charge in [-0.15, -0.1) is 0 Å². The van der Waals surface area contributed by atoms with Crippen LogP contribution in [0.3, 0.4) is 0 Å². The van der Waals surface area contributed by atoms with Gasteiger partial charge in [-0.2, -0.15) is 5.10 Å². The third-order valence-electron chi connectivity index (χ3n) is 2.96. The summed E-state index contributed by atoms with van der Waals surface area (Å²) in [7, 11) is 1.64. The van der Waals surface area contributed by atoms with Crippen molar-refractivity contribution in [2.75, 3.05) is 0 Å². The summed E-state index contributed by atoms with van der Waals surface area (Å²) in [6, 6.07) is 7.03. The van der Waals surface area contributed by atoms with Crippen molar-refractivity contribution in [2.24, 2.45) is 7.05 Å². The molecule has 0 bridgehead atoms. The molecule has 0 saturated heterocycles. The molecule has 2 rings (SSSR count). The van der Waals surface area contributed by atoms with Crippen LogP contribution in [0.4, 0.5) is 0 Å². The first-order valence-electron chi connectivity index (χ1n) is 6.24. The second kappa shape index (κ2) is 6.19. The van der Waals surface area contributed by atoms with Crippen molar-refractivity contribution in [3.63, 3.8) is 0 Å². The SMILES string of the molecule is Cn1cc(C(NC(=O)C(O)c2ccccc2)C(=O)O)cn1. The van der Waals surface area contributed by atoms with E-state index in [4.69, 9.17) is 0 Å². The molecule has 1 aromatic carbocycles. The number of hydrogen-bond donors (Lipinski definition) is 3. The molecule has 0 aliphatic rings. The Hall–Kier alpha value is -2.67. The Kier molecular flexibility index (Phi) is 4.34. The van der Waals surface area contributed by atoms with Crippen LogP contribution >= 0.6 is 0 Å². The predicted molar refractivity (Wildman–Crippen MR) is 73.1 cm³/mol. The summed E-state index contributed by atoms with van der Waals surface area (Å²) >= 11 is 0. The van der Waals surface area contributed by atoms with E-state index < -0.39 is 24.0 Å². The fraction of sp³-hybridized carbons (Fsp3) is 0.214. The number of hydrogen-bond acceptors (Lipinski definition) is 4. The molecule has 7 nitrogen and oxygen atoms in total. The first kappa shape index (κ1) is 14.7. The van der Waals surface area contributed by atoms with Crippen molar-refractivity contribution in [1.29, 1.82) is 0 Å². The lowest BCUT2D eigenvalue weighted by Gasteiger charge is -2.16. The van der Waals surface area contributed by atoms with Crippen LogP contribution in [0.1, 0.15) is 23.3 Å². The van der Waals surface area contributed by atoms with Gasteiger partial charge in [0.25, 0.3) is 5.91 Å². The van der Waals surface area contributed by atoms with Gasteiger partial charge in [-0.05, 0) is 5.56 Å². The number of carbonyl (C=O) groups is 2. The molecule has 1 amide bonds. The van der Waals surface area contributed by atoms with Crippen molar-refractivity contribution in [3.05, 3.63) is 53.9 Å². The zero-order valence-corrected chi connectivity index (χ0v) is 11.3. The van der Waals surface area contributed by atoms with Crippen LogP contribution in [0.15, 0.2) is 42.7 Å². The third-order valence-corrected chi connectivity index (χ3v) is 2.96. The summed E-state index contributed by atoms with van der Waals surface area (Å²) in [4.78, 5) is 23.3. The van der Waals surface area contributed by atoms with Gasteiger partial charge in [-0.3, -0.25) is 9.48 Å². The molecule has 0 radical (unpaired) electrons. The van der Waals surface area contributed by atoms with Gasteiger partial charge in [0.2, 0.25) is 0 Å². The van der Waals surface area contributed by atoms with E-state index in [2.05, 4.69) is 10.4 Å². The second-order valence-electron chi connectivity index (χ2n) is 4.54. The maximum absolute atomic E-state index is 12.0. The molecule has 0 spiro atoms. The van der Waals surface area contributed by atoms with E-state index in [9.17, 15) is 19.8 Å². The van der Waals surface area contributed by atoms with Crippen molar-refractivity contribution in [1.82, 2.24) is 15.1 Å². The predicted octanol–water partition coefficient (Wildman–Crippen LogP) is 0.396. The highest BCUT2D eigenvalue weighted by atomic mass is 16.4. The number of nitrogens with zero attached hydrogens (tertiary/aromatic N) is 2. The number of aliphatic carboxylic acids is 1. The lowest BCUT2D eigenvalue weighted by molar-refractivity contribution is -0.143. The smallest absolute Gasteiger partial charge is 0.331 e. The molecule has 21 heavy (non-hydrogen) atoms. The second-order valence-corrected chi connectivity index (χ2v) is 4.54. The van der Waals surface area contributed by atoms with Crippen molar-refractivity contribution in [2.45, 2.75) is 12.1 Å². The number of benzene rings is 1. The minimum absolute atomic E-state index is 0.332. The molecular formula is C14H15N3O4. The lowest BCUT2D eigenvalue weighted by Crippen LogP contribution is -2.36. The Balaban J connectivity index is 2.14. The number of aryl methyl sites for hydroxylation is 1. The highest BCUT2D eigenvalue weighted by Gasteiger charge is 2.27. The first-order chi connectivity index (χ1) is 9.99. The highest BCUT2D eigenvalue weighted by Crippen LogP contribution is 2.16. The average molecular weight is 289 g/mol. The topological polar surface area (TPSA) is 104 Å². The number of carboxylic acids is 1. The number of aromatic nitrogens is 2. The molecule has 110 valence electrons. The van der Waals surface area contributed by atoms with Crippen LogP contribution in [0.2, 0.25) is 0 Å². The molecule has 0 aliphatic carbocycles. The fourth-order valence-electron chi connectivity index (χ4n) is 1.88. The van der Waals surface area contributed by atoms with Crippen LogP contribution in [0.25, 0.3) is 0 Å². The Labute approximate surface area is 120 Å². The van der Waals surface area contributed by atoms with E-state index in [0.29, 0.717) is 11.1 Å². The van der Waals surface area contributed by atoms with Crippen LogP contribution in [-0.2, 0) is 16.6 Å². The van der Waals surface area contributed by atoms with Gasteiger partial charge in [0.05, 0.1) is 6.20 Å². The van der Waals surface area contributed by atoms with Gasteiger partial charge in [0, 0.05) is 18.8 Å². The van der Waals surface area contributed by atoms with Crippen LogP contribution in [0, 0.1) is 0 Å². The molecule has 1 aromatic heterocycles. The van der Waals surface area contributed by atoms with Gasteiger partial charge in [0.1, 0.15) is 0 Å². The summed E-state index contributed by atoms with van der Waals surface area (Å²) in [5.74, 6) is -2.01. The standard InChI is InChI=1S/C14H15N3O4/c1-17-8-10(7-15-17)11(14(20)21)16-13(19)12(18)9-5-3-2-4-6-9/h2-8,11-12,18H,1H3,(H,16,19)(H,20,21). The Morgan fingerprint density at radius 3 is 2.43 bits per heavy atom. The van der Waals surface area contributed by atoms with Crippen molar-refractivity contribution in [3.8, 4) is 0 Å². The molecule has 2 atom stereocenters. The van der Waals surface area contributed by atoms with Gasteiger partial charge < -0.3 is 15.5 Å². The molecule has 2 unspecified atom stereocenters. The minimum atomic E-state index is -1.43. The number of nitrogens with one attached hydrogen (secondary N) is 1.